The van der Waals surface area contributed by atoms with E-state index in [0.29, 0.717) is 22.4 Å². The molecule has 1 fully saturated rings. The minimum absolute atomic E-state index is 0.139. The minimum Gasteiger partial charge on any atom is -0.429 e. The number of oxazole rings is 1. The van der Waals surface area contributed by atoms with E-state index >= 15 is 0 Å². The molecule has 0 unspecified atom stereocenters. The largest absolute Gasteiger partial charge is 0.429 e. The molecule has 2 heterocycles. The molecule has 0 radical (unpaired) electrons. The van der Waals surface area contributed by atoms with Crippen LogP contribution in [0.15, 0.2) is 22.6 Å². The molecule has 1 amide bonds. The van der Waals surface area contributed by atoms with Crippen LogP contribution in [0, 0.1) is 10.8 Å². The average molecular weight is 382 g/mol. The highest BCUT2D eigenvalue weighted by atomic mass is 35.5. The Labute approximate surface area is 158 Å². The van der Waals surface area contributed by atoms with E-state index in [4.69, 9.17) is 28.2 Å². The van der Waals surface area contributed by atoms with Crippen molar-refractivity contribution in [2.75, 3.05) is 26.2 Å². The van der Waals surface area contributed by atoms with Crippen molar-refractivity contribution in [3.05, 3.63) is 28.1 Å². The van der Waals surface area contributed by atoms with E-state index in [1.165, 1.54) is 0 Å². The lowest BCUT2D eigenvalue weighted by molar-refractivity contribution is -0.136. The van der Waals surface area contributed by atoms with Crippen LogP contribution >= 0.6 is 23.8 Å². The number of aromatic nitrogens is 1. The molecule has 0 spiro atoms. The molecule has 7 heteroatoms. The smallest absolute Gasteiger partial charge is 0.270 e. The molecular formula is C18H24ClN3O2S. The molecule has 1 saturated heterocycles. The normalized spacial score (nSPS) is 16.4. The van der Waals surface area contributed by atoms with Gasteiger partial charge in [0.05, 0.1) is 12.2 Å². The molecule has 0 aliphatic carbocycles. The number of carbonyl (C=O) groups excluding carboxylic acids is 1. The Bertz CT molecular complexity index is 804. The van der Waals surface area contributed by atoms with Crippen molar-refractivity contribution in [1.29, 1.82) is 0 Å². The molecule has 1 aromatic carbocycles. The fourth-order valence-corrected chi connectivity index (χ4v) is 3.90. The molecule has 0 atom stereocenters. The van der Waals surface area contributed by atoms with E-state index < -0.39 is 0 Å². The maximum Gasteiger partial charge on any atom is 0.270 e. The van der Waals surface area contributed by atoms with Gasteiger partial charge in [-0.15, -0.1) is 0 Å². The van der Waals surface area contributed by atoms with E-state index in [-0.39, 0.29) is 5.92 Å². The van der Waals surface area contributed by atoms with Crippen LogP contribution in [-0.2, 0) is 11.5 Å². The summed E-state index contributed by atoms with van der Waals surface area (Å²) < 4.78 is 7.62. The van der Waals surface area contributed by atoms with Crippen molar-refractivity contribution in [3.8, 4) is 0 Å². The molecule has 5 nitrogen and oxygen atoms in total. The van der Waals surface area contributed by atoms with Crippen molar-refractivity contribution in [1.82, 2.24) is 14.4 Å². The number of benzene rings is 1. The van der Waals surface area contributed by atoms with Crippen molar-refractivity contribution in [3.63, 3.8) is 0 Å². The highest BCUT2D eigenvalue weighted by molar-refractivity contribution is 7.71. The van der Waals surface area contributed by atoms with Crippen molar-refractivity contribution < 1.29 is 9.21 Å². The number of likely N-dealkylation sites (tertiary alicyclic amines) is 1. The van der Waals surface area contributed by atoms with Gasteiger partial charge in [-0.1, -0.05) is 11.6 Å². The number of nitrogens with zero attached hydrogens (tertiary/aromatic N) is 3. The van der Waals surface area contributed by atoms with Crippen LogP contribution in [0.1, 0.15) is 26.7 Å². The molecule has 136 valence electrons. The van der Waals surface area contributed by atoms with Crippen LogP contribution < -0.4 is 0 Å². The standard InChI is InChI=1S/C18H24ClN3O2S/c1-3-21(4-2)17(23)13-7-9-20(10-8-13)12-22-15-11-14(19)5-6-16(15)24-18(22)25/h5-6,11,13H,3-4,7-10,12H2,1-2H3. The first-order valence-corrected chi connectivity index (χ1v) is 9.62. The second-order valence-corrected chi connectivity index (χ2v) is 7.24. The number of halogens is 1. The third kappa shape index (κ3) is 3.91. The highest BCUT2D eigenvalue weighted by Gasteiger charge is 2.27. The van der Waals surface area contributed by atoms with Gasteiger partial charge in [-0.05, 0) is 57.1 Å². The number of carbonyl (C=O) groups is 1. The lowest BCUT2D eigenvalue weighted by atomic mass is 9.95. The maximum absolute atomic E-state index is 12.5. The number of fused-ring (bicyclic) bond motifs is 1. The van der Waals surface area contributed by atoms with Crippen LogP contribution in [-0.4, -0.2) is 46.5 Å². The first-order valence-electron chi connectivity index (χ1n) is 8.83. The van der Waals surface area contributed by atoms with Gasteiger partial charge in [-0.25, -0.2) is 0 Å². The van der Waals surface area contributed by atoms with E-state index in [1.807, 2.05) is 35.4 Å². The van der Waals surface area contributed by atoms with E-state index in [2.05, 4.69) is 4.90 Å². The van der Waals surface area contributed by atoms with Crippen LogP contribution in [0.5, 0.6) is 0 Å². The molecule has 0 bridgehead atoms. The zero-order chi connectivity index (χ0) is 18.0. The molecule has 25 heavy (non-hydrogen) atoms. The molecule has 1 aliphatic heterocycles. The van der Waals surface area contributed by atoms with Crippen molar-refractivity contribution in [2.45, 2.75) is 33.4 Å². The summed E-state index contributed by atoms with van der Waals surface area (Å²) in [6.07, 6.45) is 1.78. The Hall–Kier alpha value is -1.37. The zero-order valence-electron chi connectivity index (χ0n) is 14.7. The SMILES string of the molecule is CCN(CC)C(=O)C1CCN(Cn2c(=S)oc3ccc(Cl)cc32)CC1. The molecule has 1 aromatic heterocycles. The molecule has 0 saturated carbocycles. The predicted octanol–water partition coefficient (Wildman–Crippen LogP) is 4.16. The lowest BCUT2D eigenvalue weighted by Gasteiger charge is -2.33. The molecule has 0 N–H and O–H groups in total. The lowest BCUT2D eigenvalue weighted by Crippen LogP contribution is -2.42. The van der Waals surface area contributed by atoms with Gasteiger partial charge in [0.25, 0.3) is 4.84 Å². The third-order valence-corrected chi connectivity index (χ3v) is 5.52. The Morgan fingerprint density at radius 2 is 2.00 bits per heavy atom. The summed E-state index contributed by atoms with van der Waals surface area (Å²) >= 11 is 11.5. The van der Waals surface area contributed by atoms with Crippen molar-refractivity contribution in [2.24, 2.45) is 5.92 Å². The summed E-state index contributed by atoms with van der Waals surface area (Å²) in [6, 6.07) is 5.53. The number of hydrogen-bond acceptors (Lipinski definition) is 4. The van der Waals surface area contributed by atoms with Crippen molar-refractivity contribution >= 4 is 40.8 Å². The quantitative estimate of drug-likeness (QED) is 0.729. The Balaban J connectivity index is 1.67. The number of hydrogen-bond donors (Lipinski definition) is 0. The predicted molar refractivity (Wildman–Crippen MR) is 102 cm³/mol. The van der Waals surface area contributed by atoms with Gasteiger partial charge in [-0.3, -0.25) is 14.3 Å². The Morgan fingerprint density at radius 3 is 2.64 bits per heavy atom. The van der Waals surface area contributed by atoms with E-state index in [9.17, 15) is 4.79 Å². The average Bonchev–Trinajstić information content (AvgIpc) is 2.92. The van der Waals surface area contributed by atoms with Gasteiger partial charge in [0, 0.05) is 37.1 Å². The van der Waals surface area contributed by atoms with Crippen LogP contribution in [0.3, 0.4) is 0 Å². The fraction of sp³-hybridized carbons (Fsp3) is 0.556. The van der Waals surface area contributed by atoms with Gasteiger partial charge < -0.3 is 9.32 Å². The van der Waals surface area contributed by atoms with Gasteiger partial charge in [-0.2, -0.15) is 0 Å². The summed E-state index contributed by atoms with van der Waals surface area (Å²) in [4.78, 5) is 17.2. The van der Waals surface area contributed by atoms with Gasteiger partial charge in [0.15, 0.2) is 5.58 Å². The zero-order valence-corrected chi connectivity index (χ0v) is 16.3. The number of rotatable bonds is 5. The topological polar surface area (TPSA) is 41.6 Å². The second-order valence-electron chi connectivity index (χ2n) is 6.45. The number of piperidine rings is 1. The Kier molecular flexibility index (Phi) is 5.81. The number of amides is 1. The summed E-state index contributed by atoms with van der Waals surface area (Å²) in [5, 5.41) is 0.667. The third-order valence-electron chi connectivity index (χ3n) is 4.98. The van der Waals surface area contributed by atoms with Crippen LogP contribution in [0.2, 0.25) is 5.02 Å². The summed E-state index contributed by atoms with van der Waals surface area (Å²) in [7, 11) is 0. The summed E-state index contributed by atoms with van der Waals surface area (Å²) in [5.41, 5.74) is 1.67. The monoisotopic (exact) mass is 381 g/mol. The van der Waals surface area contributed by atoms with Gasteiger partial charge >= 0.3 is 0 Å². The maximum atomic E-state index is 12.5. The molecule has 1 aliphatic rings. The molecule has 2 aromatic rings. The fourth-order valence-electron chi connectivity index (χ4n) is 3.48. The highest BCUT2D eigenvalue weighted by Crippen LogP contribution is 2.24. The molecule has 3 rings (SSSR count). The first kappa shape index (κ1) is 18.4. The summed E-state index contributed by atoms with van der Waals surface area (Å²) in [6.45, 7) is 8.07. The first-order chi connectivity index (χ1) is 12.0. The van der Waals surface area contributed by atoms with Gasteiger partial charge in [0.2, 0.25) is 5.91 Å². The van der Waals surface area contributed by atoms with Gasteiger partial charge in [0.1, 0.15) is 0 Å². The van der Waals surface area contributed by atoms with Crippen LogP contribution in [0.25, 0.3) is 11.1 Å². The second kappa shape index (κ2) is 7.89. The van der Waals surface area contributed by atoms with E-state index in [1.54, 1.807) is 6.07 Å². The summed E-state index contributed by atoms with van der Waals surface area (Å²) in [5.74, 6) is 0.432. The van der Waals surface area contributed by atoms with Crippen LogP contribution in [0.4, 0.5) is 0 Å². The minimum atomic E-state index is 0.139. The van der Waals surface area contributed by atoms with E-state index in [0.717, 1.165) is 50.1 Å². The molecular weight excluding hydrogens is 358 g/mol. The Morgan fingerprint density at radius 1 is 1.32 bits per heavy atom.